The Morgan fingerprint density at radius 1 is 1.43 bits per heavy atom. The van der Waals surface area contributed by atoms with Crippen LogP contribution < -0.4 is 5.32 Å². The van der Waals surface area contributed by atoms with E-state index >= 15 is 0 Å². The molecule has 0 aliphatic heterocycles. The fraction of sp³-hybridized carbons (Fsp3) is 0.167. The molecule has 110 valence electrons. The van der Waals surface area contributed by atoms with Crippen LogP contribution in [-0.2, 0) is 6.54 Å². The van der Waals surface area contributed by atoms with E-state index in [0.29, 0.717) is 17.7 Å². The first-order valence-electron chi connectivity index (χ1n) is 5.80. The van der Waals surface area contributed by atoms with E-state index in [1.165, 1.54) is 6.20 Å². The molecular weight excluding hydrogens is 286 g/mol. The van der Waals surface area contributed by atoms with Crippen molar-refractivity contribution in [2.75, 3.05) is 0 Å². The first-order valence-corrected chi connectivity index (χ1v) is 5.80. The molecule has 1 heterocycles. The lowest BCUT2D eigenvalue weighted by atomic mass is 10.1. The van der Waals surface area contributed by atoms with Gasteiger partial charge in [-0.3, -0.25) is 20.0 Å². The number of aromatic nitrogens is 2. The highest BCUT2D eigenvalue weighted by molar-refractivity contribution is 5.94. The highest BCUT2D eigenvalue weighted by atomic mass is 19.1. The standard InChI is InChI=1S/C12H10F2N4O3/c1-6-7(5-16-17-6)4-15-12(19)8-2-10(14)11(18(20)21)3-9(8)13/h2-3,5H,4H2,1H3,(H,15,19)(H,16,17). The molecule has 2 rings (SSSR count). The average Bonchev–Trinajstić information content (AvgIpc) is 2.83. The van der Waals surface area contributed by atoms with Crippen LogP contribution in [0.2, 0.25) is 0 Å². The normalized spacial score (nSPS) is 10.4. The Morgan fingerprint density at radius 3 is 2.71 bits per heavy atom. The quantitative estimate of drug-likeness (QED) is 0.664. The number of nitrogens with zero attached hydrogens (tertiary/aromatic N) is 2. The summed E-state index contributed by atoms with van der Waals surface area (Å²) in [4.78, 5) is 21.2. The molecule has 9 heteroatoms. The maximum Gasteiger partial charge on any atom is 0.307 e. The second kappa shape index (κ2) is 5.65. The van der Waals surface area contributed by atoms with Gasteiger partial charge >= 0.3 is 5.69 Å². The molecule has 21 heavy (non-hydrogen) atoms. The first kappa shape index (κ1) is 14.6. The summed E-state index contributed by atoms with van der Waals surface area (Å²) in [5.41, 5.74) is -0.203. The van der Waals surface area contributed by atoms with E-state index in [0.717, 1.165) is 5.69 Å². The van der Waals surface area contributed by atoms with Crippen LogP contribution in [0, 0.1) is 28.7 Å². The highest BCUT2D eigenvalue weighted by Crippen LogP contribution is 2.21. The van der Waals surface area contributed by atoms with Gasteiger partial charge in [-0.2, -0.15) is 9.49 Å². The molecule has 0 aliphatic carbocycles. The van der Waals surface area contributed by atoms with Crippen LogP contribution in [0.1, 0.15) is 21.6 Å². The number of nitro groups is 1. The van der Waals surface area contributed by atoms with Gasteiger partial charge < -0.3 is 5.32 Å². The van der Waals surface area contributed by atoms with Gasteiger partial charge in [-0.15, -0.1) is 0 Å². The van der Waals surface area contributed by atoms with Crippen LogP contribution >= 0.6 is 0 Å². The number of H-pyrrole nitrogens is 1. The van der Waals surface area contributed by atoms with Crippen molar-refractivity contribution < 1.29 is 18.5 Å². The minimum Gasteiger partial charge on any atom is -0.348 e. The number of aryl methyl sites for hydroxylation is 1. The molecule has 0 aliphatic rings. The van der Waals surface area contributed by atoms with E-state index in [1.54, 1.807) is 6.92 Å². The smallest absolute Gasteiger partial charge is 0.307 e. The number of hydrogen-bond donors (Lipinski definition) is 2. The third-order valence-electron chi connectivity index (χ3n) is 2.85. The largest absolute Gasteiger partial charge is 0.348 e. The SMILES string of the molecule is Cc1[nH]ncc1CNC(=O)c1cc(F)c([N+](=O)[O-])cc1F. The maximum atomic E-state index is 13.6. The molecule has 0 saturated heterocycles. The minimum atomic E-state index is -1.27. The van der Waals surface area contributed by atoms with E-state index in [4.69, 9.17) is 0 Å². The molecule has 0 spiro atoms. The van der Waals surface area contributed by atoms with Gasteiger partial charge in [0.1, 0.15) is 5.82 Å². The van der Waals surface area contributed by atoms with Crippen molar-refractivity contribution in [2.24, 2.45) is 0 Å². The van der Waals surface area contributed by atoms with Gasteiger partial charge in [0.05, 0.1) is 22.7 Å². The van der Waals surface area contributed by atoms with E-state index < -0.39 is 33.7 Å². The van der Waals surface area contributed by atoms with E-state index in [9.17, 15) is 23.7 Å². The van der Waals surface area contributed by atoms with Gasteiger partial charge in [0.15, 0.2) is 0 Å². The Bertz CT molecular complexity index is 715. The Morgan fingerprint density at radius 2 is 2.14 bits per heavy atom. The Kier molecular flexibility index (Phi) is 3.92. The predicted molar refractivity (Wildman–Crippen MR) is 67.5 cm³/mol. The Labute approximate surface area is 117 Å². The van der Waals surface area contributed by atoms with E-state index in [2.05, 4.69) is 15.5 Å². The van der Waals surface area contributed by atoms with Crippen LogP contribution in [0.5, 0.6) is 0 Å². The molecule has 2 aromatic rings. The van der Waals surface area contributed by atoms with Crippen molar-refractivity contribution in [3.8, 4) is 0 Å². The number of nitro benzene ring substituents is 1. The van der Waals surface area contributed by atoms with E-state index in [1.807, 2.05) is 0 Å². The number of aromatic amines is 1. The van der Waals surface area contributed by atoms with Crippen LogP contribution in [0.3, 0.4) is 0 Å². The zero-order chi connectivity index (χ0) is 15.6. The molecular formula is C12H10F2N4O3. The van der Waals surface area contributed by atoms with Crippen LogP contribution in [0.25, 0.3) is 0 Å². The van der Waals surface area contributed by atoms with Crippen LogP contribution in [0.15, 0.2) is 18.3 Å². The molecule has 0 unspecified atom stereocenters. The minimum absolute atomic E-state index is 0.0687. The molecule has 0 bridgehead atoms. The zero-order valence-corrected chi connectivity index (χ0v) is 10.8. The van der Waals surface area contributed by atoms with Gasteiger partial charge in [-0.25, -0.2) is 4.39 Å². The number of halogens is 2. The number of hydrogen-bond acceptors (Lipinski definition) is 4. The van der Waals surface area contributed by atoms with Gasteiger partial charge in [-0.05, 0) is 13.0 Å². The molecule has 0 radical (unpaired) electrons. The highest BCUT2D eigenvalue weighted by Gasteiger charge is 2.22. The Hall–Kier alpha value is -2.84. The fourth-order valence-corrected chi connectivity index (χ4v) is 1.67. The predicted octanol–water partition coefficient (Wildman–Crippen LogP) is 1.83. The summed E-state index contributed by atoms with van der Waals surface area (Å²) in [6.45, 7) is 1.81. The van der Waals surface area contributed by atoms with Gasteiger partial charge in [0.2, 0.25) is 5.82 Å². The van der Waals surface area contributed by atoms with Gasteiger partial charge in [0, 0.05) is 17.8 Å². The number of carbonyl (C=O) groups is 1. The molecule has 0 atom stereocenters. The lowest BCUT2D eigenvalue weighted by molar-refractivity contribution is -0.387. The third-order valence-corrected chi connectivity index (χ3v) is 2.85. The van der Waals surface area contributed by atoms with Crippen LogP contribution in [0.4, 0.5) is 14.5 Å². The lowest BCUT2D eigenvalue weighted by Crippen LogP contribution is -2.24. The summed E-state index contributed by atoms with van der Waals surface area (Å²) in [5, 5.41) is 19.3. The number of amides is 1. The summed E-state index contributed by atoms with van der Waals surface area (Å²) in [5.74, 6) is -3.31. The summed E-state index contributed by atoms with van der Waals surface area (Å²) < 4.78 is 27.1. The van der Waals surface area contributed by atoms with Gasteiger partial charge in [-0.1, -0.05) is 0 Å². The maximum absolute atomic E-state index is 13.6. The second-order valence-electron chi connectivity index (χ2n) is 4.24. The van der Waals surface area contributed by atoms with Crippen molar-refractivity contribution in [2.45, 2.75) is 13.5 Å². The van der Waals surface area contributed by atoms with Crippen molar-refractivity contribution in [3.05, 3.63) is 56.9 Å². The average molecular weight is 296 g/mol. The number of carbonyl (C=O) groups excluding carboxylic acids is 1. The molecule has 0 fully saturated rings. The monoisotopic (exact) mass is 296 g/mol. The molecule has 2 N–H and O–H groups in total. The summed E-state index contributed by atoms with van der Waals surface area (Å²) in [7, 11) is 0. The fourth-order valence-electron chi connectivity index (χ4n) is 1.67. The topological polar surface area (TPSA) is 101 Å². The number of benzene rings is 1. The second-order valence-corrected chi connectivity index (χ2v) is 4.24. The van der Waals surface area contributed by atoms with Crippen molar-refractivity contribution in [1.29, 1.82) is 0 Å². The molecule has 0 saturated carbocycles. The molecule has 7 nitrogen and oxygen atoms in total. The lowest BCUT2D eigenvalue weighted by Gasteiger charge is -2.06. The van der Waals surface area contributed by atoms with E-state index in [-0.39, 0.29) is 6.54 Å². The molecule has 1 amide bonds. The van der Waals surface area contributed by atoms with Crippen molar-refractivity contribution >= 4 is 11.6 Å². The summed E-state index contributed by atoms with van der Waals surface area (Å²) in [6.07, 6.45) is 1.49. The molecule has 1 aromatic carbocycles. The number of nitrogens with one attached hydrogen (secondary N) is 2. The number of rotatable bonds is 4. The van der Waals surface area contributed by atoms with Crippen molar-refractivity contribution in [1.82, 2.24) is 15.5 Å². The summed E-state index contributed by atoms with van der Waals surface area (Å²) >= 11 is 0. The van der Waals surface area contributed by atoms with Crippen molar-refractivity contribution in [3.63, 3.8) is 0 Å². The third kappa shape index (κ3) is 3.02. The van der Waals surface area contributed by atoms with Crippen LogP contribution in [-0.4, -0.2) is 21.0 Å². The van der Waals surface area contributed by atoms with Gasteiger partial charge in [0.25, 0.3) is 5.91 Å². The Balaban J connectivity index is 2.18. The zero-order valence-electron chi connectivity index (χ0n) is 10.8. The first-order chi connectivity index (χ1) is 9.90. The summed E-state index contributed by atoms with van der Waals surface area (Å²) in [6, 6.07) is 0.887. The molecule has 1 aromatic heterocycles.